The minimum atomic E-state index is -0.0607. The largest absolute Gasteiger partial charge is 0.507 e. The van der Waals surface area contributed by atoms with Crippen molar-refractivity contribution in [3.05, 3.63) is 64.8 Å². The predicted molar refractivity (Wildman–Crippen MR) is 100 cm³/mol. The summed E-state index contributed by atoms with van der Waals surface area (Å²) in [6.45, 7) is 0. The molecule has 2 aromatic heterocycles. The summed E-state index contributed by atoms with van der Waals surface area (Å²) in [6.07, 6.45) is 0. The Balaban J connectivity index is 1.90. The lowest BCUT2D eigenvalue weighted by molar-refractivity contribution is 0.314. The number of benzene rings is 2. The Hall–Kier alpha value is -3.72. The molecule has 0 aliphatic carbocycles. The molecule has 0 saturated carbocycles. The van der Waals surface area contributed by atoms with Crippen molar-refractivity contribution in [2.45, 2.75) is 0 Å². The average molecular weight is 382 g/mol. The minimum Gasteiger partial charge on any atom is -0.507 e. The van der Waals surface area contributed by atoms with Crippen LogP contribution in [0, 0.1) is 0 Å². The summed E-state index contributed by atoms with van der Waals surface area (Å²) in [5.41, 5.74) is 1.87. The van der Waals surface area contributed by atoms with Gasteiger partial charge in [0, 0.05) is 16.3 Å². The van der Waals surface area contributed by atoms with Crippen LogP contribution in [0.15, 0.2) is 58.3 Å². The van der Waals surface area contributed by atoms with Gasteiger partial charge in [-0.05, 0) is 40.6 Å². The van der Waals surface area contributed by atoms with Gasteiger partial charge in [-0.3, -0.25) is 0 Å². The molecule has 0 saturated heterocycles. The maximum atomic E-state index is 10.2. The molecule has 2 aromatic carbocycles. The topological polar surface area (TPSA) is 135 Å². The van der Waals surface area contributed by atoms with E-state index >= 15 is 0 Å². The summed E-state index contributed by atoms with van der Waals surface area (Å²) >= 11 is 6.06. The van der Waals surface area contributed by atoms with E-state index in [9.17, 15) is 5.11 Å². The van der Waals surface area contributed by atoms with Crippen LogP contribution in [0.1, 0.15) is 11.3 Å². The molecule has 4 rings (SSSR count). The van der Waals surface area contributed by atoms with Crippen LogP contribution < -0.4 is 11.2 Å². The summed E-state index contributed by atoms with van der Waals surface area (Å²) in [5, 5.41) is 25.0. The number of anilines is 2. The van der Waals surface area contributed by atoms with E-state index < -0.39 is 0 Å². The van der Waals surface area contributed by atoms with E-state index in [1.807, 2.05) is 30.3 Å². The van der Waals surface area contributed by atoms with Gasteiger partial charge < -0.3 is 16.3 Å². The second kappa shape index (κ2) is 6.89. The third kappa shape index (κ3) is 3.23. The molecule has 0 aliphatic rings. The number of aromatic nitrogens is 4. The number of hydrogen-bond donors (Lipinski definition) is 3. The smallest absolute Gasteiger partial charge is 0.245 e. The van der Waals surface area contributed by atoms with Crippen LogP contribution in [0.5, 0.6) is 5.75 Å². The number of para-hydroxylation sites is 1. The number of hydrogen-bond acceptors (Lipinski definition) is 9. The lowest BCUT2D eigenvalue weighted by atomic mass is 10.1. The summed E-state index contributed by atoms with van der Waals surface area (Å²) in [7, 11) is 0. The molecular weight excluding hydrogens is 370 g/mol. The van der Waals surface area contributed by atoms with Gasteiger partial charge in [-0.1, -0.05) is 29.8 Å². The number of aromatic hydroxyl groups is 1. The summed E-state index contributed by atoms with van der Waals surface area (Å²) in [6, 6.07) is 13.9. The number of rotatable bonds is 4. The van der Waals surface area contributed by atoms with Gasteiger partial charge in [-0.2, -0.15) is 5.10 Å². The molecular formula is C17H12ClN7O2. The Morgan fingerprint density at radius 2 is 1.81 bits per heavy atom. The Kier molecular flexibility index (Phi) is 4.27. The van der Waals surface area contributed by atoms with Gasteiger partial charge in [0.25, 0.3) is 0 Å². The van der Waals surface area contributed by atoms with Crippen molar-refractivity contribution in [2.24, 2.45) is 10.9 Å². The maximum absolute atomic E-state index is 10.2. The van der Waals surface area contributed by atoms with E-state index in [1.54, 1.807) is 6.07 Å². The standard InChI is InChI=1S/C17H12ClN7O2/c18-9-6-7-12(26)11(8-9)13(23-19)14-15(20-10-4-2-1-3-5-10)22-17-16(21-14)24-27-25-17/h1-8,26H,19H2,(H,20,22,25)/b23-13+. The summed E-state index contributed by atoms with van der Waals surface area (Å²) in [5.74, 6) is 5.87. The third-order valence-corrected chi connectivity index (χ3v) is 3.95. The molecule has 9 nitrogen and oxygen atoms in total. The lowest BCUT2D eigenvalue weighted by Gasteiger charge is -2.12. The fourth-order valence-electron chi connectivity index (χ4n) is 2.50. The van der Waals surface area contributed by atoms with Gasteiger partial charge in [0.2, 0.25) is 11.3 Å². The molecule has 0 atom stereocenters. The van der Waals surface area contributed by atoms with E-state index in [2.05, 4.69) is 30.7 Å². The van der Waals surface area contributed by atoms with E-state index in [4.69, 9.17) is 22.1 Å². The monoisotopic (exact) mass is 381 g/mol. The van der Waals surface area contributed by atoms with Gasteiger partial charge in [-0.25, -0.2) is 14.6 Å². The van der Waals surface area contributed by atoms with Crippen LogP contribution in [-0.4, -0.2) is 31.1 Å². The number of halogens is 1. The Morgan fingerprint density at radius 1 is 1.07 bits per heavy atom. The number of phenolic OH excluding ortho intramolecular Hbond substituents is 1. The van der Waals surface area contributed by atoms with Gasteiger partial charge in [0.15, 0.2) is 5.82 Å². The summed E-state index contributed by atoms with van der Waals surface area (Å²) < 4.78 is 4.69. The second-order valence-electron chi connectivity index (χ2n) is 5.46. The number of phenols is 1. The van der Waals surface area contributed by atoms with E-state index in [1.165, 1.54) is 12.1 Å². The Bertz CT molecular complexity index is 1140. The zero-order valence-electron chi connectivity index (χ0n) is 13.7. The fraction of sp³-hybridized carbons (Fsp3) is 0. The Labute approximate surface area is 157 Å². The van der Waals surface area contributed by atoms with Crippen molar-refractivity contribution in [1.29, 1.82) is 0 Å². The van der Waals surface area contributed by atoms with Crippen molar-refractivity contribution in [2.75, 3.05) is 5.32 Å². The van der Waals surface area contributed by atoms with Gasteiger partial charge in [0.05, 0.1) is 0 Å². The highest BCUT2D eigenvalue weighted by Gasteiger charge is 2.21. The van der Waals surface area contributed by atoms with E-state index in [0.29, 0.717) is 16.4 Å². The highest BCUT2D eigenvalue weighted by Crippen LogP contribution is 2.28. The van der Waals surface area contributed by atoms with Gasteiger partial charge in [0.1, 0.15) is 17.2 Å². The third-order valence-electron chi connectivity index (χ3n) is 3.72. The molecule has 0 amide bonds. The van der Waals surface area contributed by atoms with Crippen LogP contribution in [0.4, 0.5) is 11.5 Å². The van der Waals surface area contributed by atoms with Crippen molar-refractivity contribution < 1.29 is 9.74 Å². The molecule has 4 aromatic rings. The first-order chi connectivity index (χ1) is 13.2. The first-order valence-corrected chi connectivity index (χ1v) is 8.13. The number of fused-ring (bicyclic) bond motifs is 1. The molecule has 0 aliphatic heterocycles. The normalized spacial score (nSPS) is 11.7. The molecule has 27 heavy (non-hydrogen) atoms. The fourth-order valence-corrected chi connectivity index (χ4v) is 2.68. The molecule has 10 heteroatoms. The molecule has 0 unspecified atom stereocenters. The highest BCUT2D eigenvalue weighted by atomic mass is 35.5. The quantitative estimate of drug-likeness (QED) is 0.279. The van der Waals surface area contributed by atoms with Gasteiger partial charge >= 0.3 is 0 Å². The number of nitrogens with two attached hydrogens (primary N) is 1. The number of hydrazone groups is 1. The summed E-state index contributed by atoms with van der Waals surface area (Å²) in [4.78, 5) is 8.78. The maximum Gasteiger partial charge on any atom is 0.245 e. The molecule has 0 bridgehead atoms. The lowest BCUT2D eigenvalue weighted by Crippen LogP contribution is -2.13. The number of nitrogens with one attached hydrogen (secondary N) is 1. The van der Waals surface area contributed by atoms with Gasteiger partial charge in [-0.15, -0.1) is 0 Å². The SMILES string of the molecule is N/N=C(\c1cc(Cl)ccc1O)c1nc2nonc2nc1Nc1ccccc1. The molecule has 134 valence electrons. The highest BCUT2D eigenvalue weighted by molar-refractivity contribution is 6.31. The Morgan fingerprint density at radius 3 is 2.56 bits per heavy atom. The first kappa shape index (κ1) is 16.7. The zero-order chi connectivity index (χ0) is 18.8. The van der Waals surface area contributed by atoms with E-state index in [-0.39, 0.29) is 28.4 Å². The van der Waals surface area contributed by atoms with Crippen molar-refractivity contribution >= 4 is 40.1 Å². The second-order valence-corrected chi connectivity index (χ2v) is 5.90. The van der Waals surface area contributed by atoms with Crippen LogP contribution in [0.2, 0.25) is 5.02 Å². The molecule has 0 fully saturated rings. The van der Waals surface area contributed by atoms with Crippen LogP contribution in [0.25, 0.3) is 11.3 Å². The first-order valence-electron chi connectivity index (χ1n) is 7.75. The molecule has 4 N–H and O–H groups in total. The molecule has 0 radical (unpaired) electrons. The van der Waals surface area contributed by atoms with Crippen LogP contribution in [-0.2, 0) is 0 Å². The zero-order valence-corrected chi connectivity index (χ0v) is 14.4. The van der Waals surface area contributed by atoms with Crippen LogP contribution in [0.3, 0.4) is 0 Å². The van der Waals surface area contributed by atoms with Crippen molar-refractivity contribution in [1.82, 2.24) is 20.3 Å². The minimum absolute atomic E-state index is 0.0607. The van der Waals surface area contributed by atoms with Crippen molar-refractivity contribution in [3.8, 4) is 5.75 Å². The van der Waals surface area contributed by atoms with Crippen molar-refractivity contribution in [3.63, 3.8) is 0 Å². The van der Waals surface area contributed by atoms with Crippen LogP contribution >= 0.6 is 11.6 Å². The predicted octanol–water partition coefficient (Wildman–Crippen LogP) is 2.83. The molecule has 2 heterocycles. The number of nitrogens with zero attached hydrogens (tertiary/aromatic N) is 5. The van der Waals surface area contributed by atoms with E-state index in [0.717, 1.165) is 5.69 Å². The molecule has 0 spiro atoms. The average Bonchev–Trinajstić information content (AvgIpc) is 3.13.